The third-order valence-electron chi connectivity index (χ3n) is 2.99. The molecule has 16 heavy (non-hydrogen) atoms. The first-order valence-electron chi connectivity index (χ1n) is 5.46. The van der Waals surface area contributed by atoms with E-state index in [4.69, 9.17) is 10.6 Å². The first kappa shape index (κ1) is 11.4. The summed E-state index contributed by atoms with van der Waals surface area (Å²) in [7, 11) is 0. The molecule has 0 amide bonds. The summed E-state index contributed by atoms with van der Waals surface area (Å²) in [6.07, 6.45) is 3.13. The molecule has 1 aliphatic rings. The molecule has 1 fully saturated rings. The predicted octanol–water partition coefficient (Wildman–Crippen LogP) is 1.15. The van der Waals surface area contributed by atoms with Crippen molar-refractivity contribution in [1.29, 1.82) is 0 Å². The molecule has 1 unspecified atom stereocenters. The lowest BCUT2D eigenvalue weighted by Crippen LogP contribution is -2.36. The third-order valence-corrected chi connectivity index (χ3v) is 2.99. The van der Waals surface area contributed by atoms with Gasteiger partial charge in [-0.2, -0.15) is 0 Å². The number of rotatable bonds is 3. The van der Waals surface area contributed by atoms with Crippen LogP contribution < -0.4 is 11.3 Å². The Labute approximate surface area is 94.0 Å². The Balaban J connectivity index is 2.11. The SMILES string of the molecule is NNC(c1ccc(F)cn1)C1CCOCC1. The number of hydrogen-bond acceptors (Lipinski definition) is 4. The van der Waals surface area contributed by atoms with Crippen molar-refractivity contribution in [2.45, 2.75) is 18.9 Å². The van der Waals surface area contributed by atoms with E-state index in [1.807, 2.05) is 0 Å². The highest BCUT2D eigenvalue weighted by molar-refractivity contribution is 5.11. The van der Waals surface area contributed by atoms with Crippen molar-refractivity contribution in [2.24, 2.45) is 11.8 Å². The van der Waals surface area contributed by atoms with E-state index < -0.39 is 0 Å². The molecule has 5 heteroatoms. The molecule has 0 bridgehead atoms. The second-order valence-corrected chi connectivity index (χ2v) is 4.00. The number of aromatic nitrogens is 1. The van der Waals surface area contributed by atoms with Gasteiger partial charge >= 0.3 is 0 Å². The minimum absolute atomic E-state index is 0.0236. The van der Waals surface area contributed by atoms with Crippen molar-refractivity contribution in [3.8, 4) is 0 Å². The quantitative estimate of drug-likeness (QED) is 0.598. The lowest BCUT2D eigenvalue weighted by Gasteiger charge is -2.29. The van der Waals surface area contributed by atoms with Gasteiger partial charge in [0.15, 0.2) is 0 Å². The second-order valence-electron chi connectivity index (χ2n) is 4.00. The Bertz CT molecular complexity index is 325. The minimum Gasteiger partial charge on any atom is -0.381 e. The van der Waals surface area contributed by atoms with Crippen molar-refractivity contribution < 1.29 is 9.13 Å². The molecule has 2 rings (SSSR count). The molecule has 1 aromatic heterocycles. The van der Waals surface area contributed by atoms with Gasteiger partial charge in [-0.05, 0) is 30.9 Å². The van der Waals surface area contributed by atoms with Gasteiger partial charge in [-0.15, -0.1) is 0 Å². The summed E-state index contributed by atoms with van der Waals surface area (Å²) in [5, 5.41) is 0. The zero-order valence-electron chi connectivity index (χ0n) is 9.03. The number of hydrazine groups is 1. The van der Waals surface area contributed by atoms with Crippen LogP contribution in [0.1, 0.15) is 24.6 Å². The van der Waals surface area contributed by atoms with Gasteiger partial charge < -0.3 is 4.74 Å². The van der Waals surface area contributed by atoms with E-state index in [9.17, 15) is 4.39 Å². The zero-order valence-corrected chi connectivity index (χ0v) is 9.03. The molecule has 1 aliphatic heterocycles. The number of halogens is 1. The molecular formula is C11H16FN3O. The Kier molecular flexibility index (Phi) is 3.82. The van der Waals surface area contributed by atoms with Crippen LogP contribution in [0, 0.1) is 11.7 Å². The van der Waals surface area contributed by atoms with E-state index in [0.717, 1.165) is 31.7 Å². The van der Waals surface area contributed by atoms with Crippen LogP contribution in [0.25, 0.3) is 0 Å². The number of pyridine rings is 1. The molecule has 0 saturated carbocycles. The molecule has 4 nitrogen and oxygen atoms in total. The topological polar surface area (TPSA) is 60.2 Å². The molecule has 0 radical (unpaired) electrons. The smallest absolute Gasteiger partial charge is 0.141 e. The summed E-state index contributed by atoms with van der Waals surface area (Å²) >= 11 is 0. The van der Waals surface area contributed by atoms with Gasteiger partial charge in [0.05, 0.1) is 17.9 Å². The van der Waals surface area contributed by atoms with Crippen LogP contribution in [0.5, 0.6) is 0 Å². The van der Waals surface area contributed by atoms with Gasteiger partial charge in [-0.25, -0.2) is 4.39 Å². The molecule has 1 aromatic rings. The molecule has 2 heterocycles. The maximum absolute atomic E-state index is 12.8. The summed E-state index contributed by atoms with van der Waals surface area (Å²) in [6.45, 7) is 1.51. The van der Waals surface area contributed by atoms with Crippen LogP contribution in [0.2, 0.25) is 0 Å². The first-order chi connectivity index (χ1) is 7.81. The van der Waals surface area contributed by atoms with Gasteiger partial charge in [0.2, 0.25) is 0 Å². The van der Waals surface area contributed by atoms with Crippen molar-refractivity contribution in [2.75, 3.05) is 13.2 Å². The van der Waals surface area contributed by atoms with Gasteiger partial charge in [0, 0.05) is 13.2 Å². The number of nitrogens with zero attached hydrogens (tertiary/aromatic N) is 1. The normalized spacial score (nSPS) is 19.6. The third kappa shape index (κ3) is 2.55. The lowest BCUT2D eigenvalue weighted by atomic mass is 9.90. The van der Waals surface area contributed by atoms with Crippen LogP contribution in [0.4, 0.5) is 4.39 Å². The average molecular weight is 225 g/mol. The lowest BCUT2D eigenvalue weighted by molar-refractivity contribution is 0.0530. The van der Waals surface area contributed by atoms with E-state index in [1.165, 1.54) is 12.3 Å². The molecular weight excluding hydrogens is 209 g/mol. The summed E-state index contributed by atoms with van der Waals surface area (Å²) in [4.78, 5) is 4.07. The molecule has 0 spiro atoms. The number of nitrogens with two attached hydrogens (primary N) is 1. The molecule has 0 aromatic carbocycles. The van der Waals surface area contributed by atoms with E-state index >= 15 is 0 Å². The molecule has 88 valence electrons. The summed E-state index contributed by atoms with van der Waals surface area (Å²) in [5.74, 6) is 5.62. The number of hydrogen-bond donors (Lipinski definition) is 2. The predicted molar refractivity (Wildman–Crippen MR) is 57.8 cm³/mol. The molecule has 3 N–H and O–H groups in total. The van der Waals surface area contributed by atoms with Crippen molar-refractivity contribution in [3.05, 3.63) is 29.8 Å². The van der Waals surface area contributed by atoms with Crippen molar-refractivity contribution >= 4 is 0 Å². The van der Waals surface area contributed by atoms with Crippen molar-refractivity contribution in [1.82, 2.24) is 10.4 Å². The zero-order chi connectivity index (χ0) is 11.4. The minimum atomic E-state index is -0.327. The first-order valence-corrected chi connectivity index (χ1v) is 5.46. The van der Waals surface area contributed by atoms with Crippen molar-refractivity contribution in [3.63, 3.8) is 0 Å². The van der Waals surface area contributed by atoms with Gasteiger partial charge in [-0.1, -0.05) is 0 Å². The van der Waals surface area contributed by atoms with E-state index in [-0.39, 0.29) is 11.9 Å². The van der Waals surface area contributed by atoms with Gasteiger partial charge in [0.25, 0.3) is 0 Å². The molecule has 1 atom stereocenters. The Morgan fingerprint density at radius 2 is 2.19 bits per heavy atom. The van der Waals surface area contributed by atoms with E-state index in [1.54, 1.807) is 6.07 Å². The van der Waals surface area contributed by atoms with E-state index in [0.29, 0.717) is 5.92 Å². The second kappa shape index (κ2) is 5.34. The fourth-order valence-electron chi connectivity index (χ4n) is 2.08. The maximum Gasteiger partial charge on any atom is 0.141 e. The van der Waals surface area contributed by atoms with Gasteiger partial charge in [0.1, 0.15) is 5.82 Å². The highest BCUT2D eigenvalue weighted by Crippen LogP contribution is 2.28. The van der Waals surface area contributed by atoms with Crippen LogP contribution in [0.3, 0.4) is 0 Å². The largest absolute Gasteiger partial charge is 0.381 e. The maximum atomic E-state index is 12.8. The Hall–Kier alpha value is -1.04. The standard InChI is InChI=1S/C11H16FN3O/c12-9-1-2-10(14-7-9)11(15-13)8-3-5-16-6-4-8/h1-2,7-8,11,15H,3-6,13H2. The van der Waals surface area contributed by atoms with Gasteiger partial charge in [-0.3, -0.25) is 16.3 Å². The van der Waals surface area contributed by atoms with E-state index in [2.05, 4.69) is 10.4 Å². The molecule has 1 saturated heterocycles. The Morgan fingerprint density at radius 3 is 2.75 bits per heavy atom. The van der Waals surface area contributed by atoms with Crippen LogP contribution in [-0.2, 0) is 4.74 Å². The monoisotopic (exact) mass is 225 g/mol. The summed E-state index contributed by atoms with van der Waals surface area (Å²) in [5.41, 5.74) is 3.55. The fraction of sp³-hybridized carbons (Fsp3) is 0.545. The number of ether oxygens (including phenoxy) is 1. The summed E-state index contributed by atoms with van der Waals surface area (Å²) in [6, 6.07) is 3.06. The highest BCUT2D eigenvalue weighted by Gasteiger charge is 2.25. The average Bonchev–Trinajstić information content (AvgIpc) is 2.34. The van der Waals surface area contributed by atoms with Crippen LogP contribution in [0.15, 0.2) is 18.3 Å². The fourth-order valence-corrected chi connectivity index (χ4v) is 2.08. The van der Waals surface area contributed by atoms with Crippen LogP contribution in [-0.4, -0.2) is 18.2 Å². The van der Waals surface area contributed by atoms with Crippen LogP contribution >= 0.6 is 0 Å². The molecule has 0 aliphatic carbocycles. The Morgan fingerprint density at radius 1 is 1.44 bits per heavy atom. The summed E-state index contributed by atoms with van der Waals surface area (Å²) < 4.78 is 18.1. The number of nitrogens with one attached hydrogen (secondary N) is 1. The highest BCUT2D eigenvalue weighted by atomic mass is 19.1.